The Labute approximate surface area is 137 Å². The van der Waals surface area contributed by atoms with Gasteiger partial charge in [-0.2, -0.15) is 4.39 Å². The number of methoxy groups -OCH3 is 1. The lowest BCUT2D eigenvalue weighted by atomic mass is 10.0. The van der Waals surface area contributed by atoms with Crippen molar-refractivity contribution in [2.24, 2.45) is 0 Å². The van der Waals surface area contributed by atoms with Crippen molar-refractivity contribution in [3.63, 3.8) is 0 Å². The van der Waals surface area contributed by atoms with Crippen LogP contribution in [0.5, 0.6) is 5.75 Å². The van der Waals surface area contributed by atoms with Crippen LogP contribution in [0.1, 0.15) is 16.4 Å². The number of nitrogens with one attached hydrogen (secondary N) is 1. The second-order valence-electron chi connectivity index (χ2n) is 5.30. The van der Waals surface area contributed by atoms with Crippen molar-refractivity contribution in [2.45, 2.75) is 11.7 Å². The molecule has 126 valence electrons. The highest BCUT2D eigenvalue weighted by atomic mass is 32.2. The number of hydrogen-bond donors (Lipinski definition) is 1. The Morgan fingerprint density at radius 2 is 1.92 bits per heavy atom. The summed E-state index contributed by atoms with van der Waals surface area (Å²) in [5.74, 6) is -0.457. The standard InChI is InChI=1S/C15H13FN2O5S/c1-23-10-4-2-9(3-5-10)8-13-14-12(17-24(13,21)22)7-6-11(16)15(14)18(19)20/h2-7,13,17H,8H2,1H3. The third-order valence-electron chi connectivity index (χ3n) is 3.88. The molecule has 2 aromatic carbocycles. The van der Waals surface area contributed by atoms with Crippen LogP contribution in [0.3, 0.4) is 0 Å². The molecule has 1 unspecified atom stereocenters. The summed E-state index contributed by atoms with van der Waals surface area (Å²) in [6.45, 7) is 0. The summed E-state index contributed by atoms with van der Waals surface area (Å²) in [5, 5.41) is 9.96. The Balaban J connectivity index is 2.08. The summed E-state index contributed by atoms with van der Waals surface area (Å²) in [5.41, 5.74) is -0.269. The highest BCUT2D eigenvalue weighted by Crippen LogP contribution is 2.45. The predicted molar refractivity (Wildman–Crippen MR) is 85.0 cm³/mol. The van der Waals surface area contributed by atoms with Crippen LogP contribution in [-0.2, 0) is 16.4 Å². The maximum atomic E-state index is 13.9. The van der Waals surface area contributed by atoms with Crippen molar-refractivity contribution in [3.8, 4) is 5.75 Å². The molecule has 0 spiro atoms. The fourth-order valence-electron chi connectivity index (χ4n) is 2.75. The molecule has 2 aromatic rings. The fourth-order valence-corrected chi connectivity index (χ4v) is 4.34. The Morgan fingerprint density at radius 1 is 1.25 bits per heavy atom. The number of benzene rings is 2. The highest BCUT2D eigenvalue weighted by Gasteiger charge is 2.43. The molecule has 1 heterocycles. The van der Waals surface area contributed by atoms with Crippen LogP contribution in [0.15, 0.2) is 36.4 Å². The molecule has 0 aliphatic carbocycles. The average Bonchev–Trinajstić information content (AvgIpc) is 2.78. The largest absolute Gasteiger partial charge is 0.497 e. The number of rotatable bonds is 4. The van der Waals surface area contributed by atoms with E-state index in [1.807, 2.05) is 0 Å². The molecule has 0 saturated carbocycles. The van der Waals surface area contributed by atoms with Gasteiger partial charge in [0.05, 0.1) is 23.3 Å². The molecular formula is C15H13FN2O5S. The van der Waals surface area contributed by atoms with Gasteiger partial charge in [0.25, 0.3) is 0 Å². The van der Waals surface area contributed by atoms with E-state index in [4.69, 9.17) is 4.74 Å². The van der Waals surface area contributed by atoms with Crippen molar-refractivity contribution in [3.05, 3.63) is 63.5 Å². The minimum Gasteiger partial charge on any atom is -0.497 e. The van der Waals surface area contributed by atoms with Crippen molar-refractivity contribution >= 4 is 21.4 Å². The Kier molecular flexibility index (Phi) is 3.88. The lowest BCUT2D eigenvalue weighted by Crippen LogP contribution is -2.15. The number of halogens is 1. The summed E-state index contributed by atoms with van der Waals surface area (Å²) < 4.78 is 45.9. The van der Waals surface area contributed by atoms with Gasteiger partial charge in [-0.3, -0.25) is 14.8 Å². The molecule has 0 amide bonds. The molecule has 9 heteroatoms. The SMILES string of the molecule is COc1ccc(CC2c3c(ccc(F)c3[N+](=O)[O-])NS2(=O)=O)cc1. The van der Waals surface area contributed by atoms with Crippen molar-refractivity contribution < 1.29 is 22.5 Å². The van der Waals surface area contributed by atoms with Gasteiger partial charge in [-0.15, -0.1) is 0 Å². The van der Waals surface area contributed by atoms with Gasteiger partial charge in [-0.05, 0) is 36.2 Å². The van der Waals surface area contributed by atoms with E-state index in [0.717, 1.165) is 6.07 Å². The van der Waals surface area contributed by atoms with Crippen molar-refractivity contribution in [2.75, 3.05) is 11.8 Å². The number of nitrogens with zero attached hydrogens (tertiary/aromatic N) is 1. The van der Waals surface area contributed by atoms with Gasteiger partial charge in [-0.1, -0.05) is 12.1 Å². The Bertz CT molecular complexity index is 912. The maximum Gasteiger partial charge on any atom is 0.311 e. The fraction of sp³-hybridized carbons (Fsp3) is 0.200. The molecule has 0 bridgehead atoms. The third kappa shape index (κ3) is 2.67. The number of fused-ring (bicyclic) bond motifs is 1. The Morgan fingerprint density at radius 3 is 2.50 bits per heavy atom. The summed E-state index contributed by atoms with van der Waals surface area (Å²) >= 11 is 0. The zero-order valence-electron chi connectivity index (χ0n) is 12.5. The number of nitro groups is 1. The lowest BCUT2D eigenvalue weighted by Gasteiger charge is -2.11. The van der Waals surface area contributed by atoms with Crippen LogP contribution in [0.2, 0.25) is 0 Å². The molecular weight excluding hydrogens is 339 g/mol. The zero-order chi connectivity index (χ0) is 17.5. The summed E-state index contributed by atoms with van der Waals surface area (Å²) in [6.07, 6.45) is -0.0172. The number of hydrogen-bond acceptors (Lipinski definition) is 5. The highest BCUT2D eigenvalue weighted by molar-refractivity contribution is 7.93. The minimum atomic E-state index is -3.89. The van der Waals surface area contributed by atoms with E-state index in [0.29, 0.717) is 11.3 Å². The third-order valence-corrected chi connectivity index (χ3v) is 5.54. The molecule has 1 atom stereocenters. The number of sulfonamides is 1. The van der Waals surface area contributed by atoms with Gasteiger partial charge in [0.15, 0.2) is 0 Å². The number of ether oxygens (including phenoxy) is 1. The van der Waals surface area contributed by atoms with Gasteiger partial charge in [0, 0.05) is 0 Å². The van der Waals surface area contributed by atoms with Gasteiger partial charge >= 0.3 is 5.69 Å². The quantitative estimate of drug-likeness (QED) is 0.674. The first-order valence-corrected chi connectivity index (χ1v) is 8.49. The van der Waals surface area contributed by atoms with E-state index in [1.54, 1.807) is 24.3 Å². The monoisotopic (exact) mass is 352 g/mol. The smallest absolute Gasteiger partial charge is 0.311 e. The molecule has 3 rings (SSSR count). The summed E-state index contributed by atoms with van der Waals surface area (Å²) in [7, 11) is -2.38. The minimum absolute atomic E-state index is 0.0172. The molecule has 24 heavy (non-hydrogen) atoms. The molecule has 1 aliphatic rings. The number of anilines is 1. The van der Waals surface area contributed by atoms with E-state index in [2.05, 4.69) is 4.72 Å². The van der Waals surface area contributed by atoms with E-state index in [1.165, 1.54) is 13.2 Å². The van der Waals surface area contributed by atoms with E-state index in [9.17, 15) is 22.9 Å². The number of nitro benzene ring substituents is 1. The van der Waals surface area contributed by atoms with E-state index >= 15 is 0 Å². The topological polar surface area (TPSA) is 98.5 Å². The average molecular weight is 352 g/mol. The van der Waals surface area contributed by atoms with Crippen molar-refractivity contribution in [1.29, 1.82) is 0 Å². The molecule has 0 aromatic heterocycles. The maximum absolute atomic E-state index is 13.9. The lowest BCUT2D eigenvalue weighted by molar-refractivity contribution is -0.388. The second-order valence-corrected chi connectivity index (χ2v) is 7.17. The van der Waals surface area contributed by atoms with Gasteiger partial charge in [-0.25, -0.2) is 8.42 Å². The molecule has 1 aliphatic heterocycles. The molecule has 0 fully saturated rings. The van der Waals surface area contributed by atoms with Crippen LogP contribution in [0.25, 0.3) is 0 Å². The Hall–Kier alpha value is -2.68. The van der Waals surface area contributed by atoms with Gasteiger partial charge in [0.1, 0.15) is 11.0 Å². The zero-order valence-corrected chi connectivity index (χ0v) is 13.3. The van der Waals surface area contributed by atoms with Gasteiger partial charge < -0.3 is 4.74 Å². The first-order chi connectivity index (χ1) is 11.3. The summed E-state index contributed by atoms with van der Waals surface area (Å²) in [6, 6.07) is 8.73. The second kappa shape index (κ2) is 5.75. The predicted octanol–water partition coefficient (Wildman–Crippen LogP) is 2.78. The first kappa shape index (κ1) is 16.2. The van der Waals surface area contributed by atoms with Gasteiger partial charge in [0.2, 0.25) is 15.8 Å². The van der Waals surface area contributed by atoms with Crippen LogP contribution >= 0.6 is 0 Å². The molecule has 0 saturated heterocycles. The van der Waals surface area contributed by atoms with E-state index in [-0.39, 0.29) is 17.7 Å². The summed E-state index contributed by atoms with van der Waals surface area (Å²) in [4.78, 5) is 10.3. The van der Waals surface area contributed by atoms with Crippen LogP contribution < -0.4 is 9.46 Å². The van der Waals surface area contributed by atoms with Crippen LogP contribution in [0.4, 0.5) is 15.8 Å². The molecule has 0 radical (unpaired) electrons. The van der Waals surface area contributed by atoms with Crippen LogP contribution in [-0.4, -0.2) is 20.5 Å². The van der Waals surface area contributed by atoms with E-state index < -0.39 is 31.7 Å². The van der Waals surface area contributed by atoms with Crippen LogP contribution in [0, 0.1) is 15.9 Å². The molecule has 7 nitrogen and oxygen atoms in total. The normalized spacial score (nSPS) is 17.8. The first-order valence-electron chi connectivity index (χ1n) is 6.95. The molecule has 1 N–H and O–H groups in total. The van der Waals surface area contributed by atoms with Crippen molar-refractivity contribution in [1.82, 2.24) is 0 Å².